The molecule has 1 fully saturated rings. The molecule has 1 aliphatic heterocycles. The molecule has 9 heteroatoms. The number of carboxylic acid groups (broad SMARTS) is 1. The number of carboxylic acids is 1. The Morgan fingerprint density at radius 3 is 2.51 bits per heavy atom. The van der Waals surface area contributed by atoms with E-state index in [1.807, 2.05) is 30.3 Å². The normalized spacial score (nSPS) is 13.4. The second kappa shape index (κ2) is 10.7. The summed E-state index contributed by atoms with van der Waals surface area (Å²) in [5.74, 6) is -1.24. The molecular weight excluding hydrogens is 488 g/mol. The number of anilines is 2. The van der Waals surface area contributed by atoms with Crippen LogP contribution in [-0.4, -0.2) is 60.5 Å². The third-order valence-corrected chi connectivity index (χ3v) is 7.85. The van der Waals surface area contributed by atoms with Crippen LogP contribution in [0.3, 0.4) is 0 Å². The van der Waals surface area contributed by atoms with Crippen LogP contribution < -0.4 is 15.2 Å². The number of nitrogens with zero attached hydrogens (tertiary/aromatic N) is 4. The number of carbonyl (C=O) groups is 1. The summed E-state index contributed by atoms with van der Waals surface area (Å²) in [5, 5.41) is 10.6. The number of thiazole rings is 1. The maximum Gasteiger partial charge on any atom is 0.341 e. The molecule has 0 saturated carbocycles. The fraction of sp³-hybridized carbons (Fsp3) is 0.321. The van der Waals surface area contributed by atoms with Crippen LogP contribution >= 0.6 is 11.3 Å². The minimum Gasteiger partial charge on any atom is -0.477 e. The smallest absolute Gasteiger partial charge is 0.341 e. The van der Waals surface area contributed by atoms with Crippen molar-refractivity contribution in [2.75, 3.05) is 49.7 Å². The van der Waals surface area contributed by atoms with Gasteiger partial charge in [0.1, 0.15) is 5.56 Å². The first kappa shape index (κ1) is 25.0. The van der Waals surface area contributed by atoms with Gasteiger partial charge in [0.2, 0.25) is 0 Å². The van der Waals surface area contributed by atoms with Gasteiger partial charge in [-0.25, -0.2) is 9.78 Å². The van der Waals surface area contributed by atoms with E-state index in [-0.39, 0.29) is 5.56 Å². The van der Waals surface area contributed by atoms with Gasteiger partial charge in [-0.05, 0) is 55.7 Å². The summed E-state index contributed by atoms with van der Waals surface area (Å²) in [4.78, 5) is 33.8. The number of benzene rings is 2. The van der Waals surface area contributed by atoms with Crippen LogP contribution in [0.2, 0.25) is 0 Å². The molecule has 0 atom stereocenters. The molecule has 0 spiro atoms. The molecule has 0 unspecified atom stereocenters. The Morgan fingerprint density at radius 2 is 1.84 bits per heavy atom. The number of ether oxygens (including phenoxy) is 1. The molecular formula is C28H30N4O4S. The highest BCUT2D eigenvalue weighted by Crippen LogP contribution is 2.32. The van der Waals surface area contributed by atoms with Gasteiger partial charge in [0.05, 0.1) is 22.5 Å². The standard InChI is InChI=1S/C28H30N4O4S/c1-3-30(14-15-36-2)28-29-23-11-10-21(16-26(23)37-28)32-18-22(27(34)35)25(33)17-24(32)19-6-8-20(9-7-19)31-12-4-5-13-31/h6-11,16-18H,3-5,12-15H2,1-2H3,(H,34,35). The summed E-state index contributed by atoms with van der Waals surface area (Å²) in [6.07, 6.45) is 3.82. The number of hydrogen-bond acceptors (Lipinski definition) is 7. The molecule has 2 aromatic carbocycles. The van der Waals surface area contributed by atoms with Crippen molar-refractivity contribution in [3.05, 3.63) is 70.5 Å². The molecule has 1 aliphatic rings. The predicted octanol–water partition coefficient (Wildman–Crippen LogP) is 4.89. The monoisotopic (exact) mass is 518 g/mol. The SMILES string of the molecule is CCN(CCOC)c1nc2ccc(-n3cc(C(=O)O)c(=O)cc3-c3ccc(N4CCCC4)cc3)cc2s1. The summed E-state index contributed by atoms with van der Waals surface area (Å²) in [7, 11) is 1.69. The van der Waals surface area contributed by atoms with Crippen LogP contribution in [0.25, 0.3) is 27.2 Å². The van der Waals surface area contributed by atoms with Crippen LogP contribution in [0.4, 0.5) is 10.8 Å². The van der Waals surface area contributed by atoms with Crippen molar-refractivity contribution in [2.24, 2.45) is 0 Å². The molecule has 1 N–H and O–H groups in total. The number of likely N-dealkylation sites (N-methyl/N-ethyl adjacent to an activating group) is 1. The molecule has 8 nitrogen and oxygen atoms in total. The van der Waals surface area contributed by atoms with Crippen molar-refractivity contribution >= 4 is 38.3 Å². The second-order valence-electron chi connectivity index (χ2n) is 9.07. The fourth-order valence-electron chi connectivity index (χ4n) is 4.73. The summed E-state index contributed by atoms with van der Waals surface area (Å²) >= 11 is 1.58. The van der Waals surface area contributed by atoms with Crippen LogP contribution in [0.5, 0.6) is 0 Å². The molecule has 0 amide bonds. The molecule has 1 saturated heterocycles. The first-order valence-corrected chi connectivity index (χ1v) is 13.3. The Bertz CT molecular complexity index is 1470. The molecule has 192 valence electrons. The highest BCUT2D eigenvalue weighted by molar-refractivity contribution is 7.22. The highest BCUT2D eigenvalue weighted by Gasteiger charge is 2.18. The maximum atomic E-state index is 12.7. The van der Waals surface area contributed by atoms with Gasteiger partial charge in [0.15, 0.2) is 10.6 Å². The van der Waals surface area contributed by atoms with Crippen LogP contribution in [-0.2, 0) is 4.74 Å². The van der Waals surface area contributed by atoms with Crippen molar-refractivity contribution in [3.63, 3.8) is 0 Å². The number of methoxy groups -OCH3 is 1. The Labute approximate surface area is 219 Å². The van der Waals surface area contributed by atoms with E-state index in [9.17, 15) is 14.7 Å². The summed E-state index contributed by atoms with van der Waals surface area (Å²) in [6.45, 7) is 6.37. The number of aromatic nitrogens is 2. The minimum absolute atomic E-state index is 0.265. The zero-order valence-corrected chi connectivity index (χ0v) is 21.8. The Balaban J connectivity index is 1.58. The lowest BCUT2D eigenvalue weighted by Crippen LogP contribution is -2.26. The first-order chi connectivity index (χ1) is 18.0. The molecule has 2 aromatic heterocycles. The average Bonchev–Trinajstić information content (AvgIpc) is 3.59. The minimum atomic E-state index is -1.24. The van der Waals surface area contributed by atoms with E-state index in [0.717, 1.165) is 58.5 Å². The Hall–Kier alpha value is -3.69. The second-order valence-corrected chi connectivity index (χ2v) is 10.1. The third kappa shape index (κ3) is 5.10. The van der Waals surface area contributed by atoms with Gasteiger partial charge in [-0.2, -0.15) is 0 Å². The number of pyridine rings is 1. The summed E-state index contributed by atoms with van der Waals surface area (Å²) in [5.41, 5.74) is 3.50. The van der Waals surface area contributed by atoms with Crippen molar-refractivity contribution in [1.82, 2.24) is 9.55 Å². The van der Waals surface area contributed by atoms with Crippen molar-refractivity contribution in [3.8, 4) is 16.9 Å². The number of aromatic carboxylic acids is 1. The van der Waals surface area contributed by atoms with Gasteiger partial charge >= 0.3 is 5.97 Å². The van der Waals surface area contributed by atoms with Crippen LogP contribution in [0.1, 0.15) is 30.1 Å². The summed E-state index contributed by atoms with van der Waals surface area (Å²) in [6, 6.07) is 15.4. The molecule has 3 heterocycles. The van der Waals surface area contributed by atoms with Gasteiger partial charge in [-0.3, -0.25) is 4.79 Å². The quantitative estimate of drug-likeness (QED) is 0.338. The zero-order valence-electron chi connectivity index (χ0n) is 21.0. The lowest BCUT2D eigenvalue weighted by atomic mass is 10.1. The first-order valence-electron chi connectivity index (χ1n) is 12.5. The Kier molecular flexibility index (Phi) is 7.25. The van der Waals surface area contributed by atoms with Gasteiger partial charge in [-0.15, -0.1) is 0 Å². The molecule has 0 aliphatic carbocycles. The lowest BCUT2D eigenvalue weighted by Gasteiger charge is -2.19. The fourth-order valence-corrected chi connectivity index (χ4v) is 5.81. The highest BCUT2D eigenvalue weighted by atomic mass is 32.1. The van der Waals surface area contributed by atoms with E-state index >= 15 is 0 Å². The zero-order chi connectivity index (χ0) is 25.9. The largest absolute Gasteiger partial charge is 0.477 e. The van der Waals surface area contributed by atoms with E-state index in [1.165, 1.54) is 25.1 Å². The van der Waals surface area contributed by atoms with E-state index in [4.69, 9.17) is 9.72 Å². The lowest BCUT2D eigenvalue weighted by molar-refractivity contribution is 0.0695. The Morgan fingerprint density at radius 1 is 1.11 bits per heavy atom. The van der Waals surface area contributed by atoms with E-state index in [0.29, 0.717) is 12.3 Å². The van der Waals surface area contributed by atoms with Crippen molar-refractivity contribution in [1.29, 1.82) is 0 Å². The van der Waals surface area contributed by atoms with E-state index < -0.39 is 11.4 Å². The molecule has 0 bridgehead atoms. The number of hydrogen-bond donors (Lipinski definition) is 1. The maximum absolute atomic E-state index is 12.7. The molecule has 5 rings (SSSR count). The van der Waals surface area contributed by atoms with Crippen molar-refractivity contribution in [2.45, 2.75) is 19.8 Å². The van der Waals surface area contributed by atoms with Crippen LogP contribution in [0.15, 0.2) is 59.5 Å². The molecule has 37 heavy (non-hydrogen) atoms. The third-order valence-electron chi connectivity index (χ3n) is 6.77. The van der Waals surface area contributed by atoms with Crippen molar-refractivity contribution < 1.29 is 14.6 Å². The van der Waals surface area contributed by atoms with Gasteiger partial charge < -0.3 is 24.2 Å². The average molecular weight is 519 g/mol. The predicted molar refractivity (Wildman–Crippen MR) is 149 cm³/mol. The summed E-state index contributed by atoms with van der Waals surface area (Å²) < 4.78 is 8.00. The van der Waals surface area contributed by atoms with Crippen LogP contribution in [0, 0.1) is 0 Å². The van der Waals surface area contributed by atoms with E-state index in [2.05, 4.69) is 28.9 Å². The van der Waals surface area contributed by atoms with Gasteiger partial charge in [0, 0.05) is 56.9 Å². The topological polar surface area (TPSA) is 87.9 Å². The van der Waals surface area contributed by atoms with Gasteiger partial charge in [0.25, 0.3) is 0 Å². The number of fused-ring (bicyclic) bond motifs is 1. The number of rotatable bonds is 9. The molecule has 4 aromatic rings. The van der Waals surface area contributed by atoms with E-state index in [1.54, 1.807) is 23.0 Å². The molecule has 0 radical (unpaired) electrons. The van der Waals surface area contributed by atoms with Gasteiger partial charge in [-0.1, -0.05) is 23.5 Å².